The van der Waals surface area contributed by atoms with Gasteiger partial charge >= 0.3 is 0 Å². The number of fused-ring (bicyclic) bond motifs is 1. The predicted octanol–water partition coefficient (Wildman–Crippen LogP) is 4.54. The molecule has 0 aliphatic heterocycles. The molecule has 0 atom stereocenters. The van der Waals surface area contributed by atoms with Gasteiger partial charge in [0.25, 0.3) is 5.56 Å². The van der Waals surface area contributed by atoms with Gasteiger partial charge in [-0.15, -0.1) is 0 Å². The van der Waals surface area contributed by atoms with Gasteiger partial charge in [0.2, 0.25) is 5.91 Å². The minimum atomic E-state index is -0.166. The van der Waals surface area contributed by atoms with Crippen LogP contribution in [-0.4, -0.2) is 31.0 Å². The molecular formula is C25H27N5O2S. The zero-order valence-electron chi connectivity index (χ0n) is 18.8. The van der Waals surface area contributed by atoms with Crippen molar-refractivity contribution in [1.82, 2.24) is 19.3 Å². The van der Waals surface area contributed by atoms with Crippen molar-refractivity contribution in [1.29, 1.82) is 0 Å². The molecule has 0 aliphatic carbocycles. The third-order valence-corrected chi connectivity index (χ3v) is 6.25. The minimum Gasteiger partial charge on any atom is -0.310 e. The van der Waals surface area contributed by atoms with Gasteiger partial charge in [0, 0.05) is 18.7 Å². The Morgan fingerprint density at radius 1 is 1.06 bits per heavy atom. The molecule has 0 spiro atoms. The van der Waals surface area contributed by atoms with Crippen LogP contribution in [0.3, 0.4) is 0 Å². The summed E-state index contributed by atoms with van der Waals surface area (Å²) in [6.45, 7) is 4.55. The van der Waals surface area contributed by atoms with E-state index in [0.29, 0.717) is 28.4 Å². The number of hydrogen-bond donors (Lipinski definition) is 1. The maximum atomic E-state index is 13.2. The Hall–Kier alpha value is -3.39. The van der Waals surface area contributed by atoms with E-state index in [2.05, 4.69) is 22.5 Å². The highest BCUT2D eigenvalue weighted by Gasteiger charge is 2.15. The molecule has 7 nitrogen and oxygen atoms in total. The molecule has 0 radical (unpaired) electrons. The zero-order valence-corrected chi connectivity index (χ0v) is 19.6. The summed E-state index contributed by atoms with van der Waals surface area (Å²) in [5.41, 5.74) is 1.80. The average Bonchev–Trinajstić information content (AvgIpc) is 3.28. The zero-order chi connectivity index (χ0) is 23.2. The van der Waals surface area contributed by atoms with E-state index in [4.69, 9.17) is 4.98 Å². The summed E-state index contributed by atoms with van der Waals surface area (Å²) in [7, 11) is 0. The quantitative estimate of drug-likeness (QED) is 0.292. The number of rotatable bonds is 9. The molecule has 0 aliphatic rings. The average molecular weight is 462 g/mol. The van der Waals surface area contributed by atoms with E-state index < -0.39 is 0 Å². The molecule has 1 N–H and O–H groups in total. The molecule has 0 bridgehead atoms. The molecule has 0 fully saturated rings. The molecule has 4 aromatic rings. The summed E-state index contributed by atoms with van der Waals surface area (Å²) < 4.78 is 3.46. The number of anilines is 1. The Labute approximate surface area is 196 Å². The Kier molecular flexibility index (Phi) is 7.24. The topological polar surface area (TPSA) is 81.8 Å². The van der Waals surface area contributed by atoms with E-state index in [-0.39, 0.29) is 23.3 Å². The molecule has 33 heavy (non-hydrogen) atoms. The summed E-state index contributed by atoms with van der Waals surface area (Å²) in [4.78, 5) is 30.5. The van der Waals surface area contributed by atoms with Crippen molar-refractivity contribution >= 4 is 34.4 Å². The van der Waals surface area contributed by atoms with Crippen molar-refractivity contribution in [3.63, 3.8) is 0 Å². The predicted molar refractivity (Wildman–Crippen MR) is 133 cm³/mol. The Morgan fingerprint density at radius 3 is 2.61 bits per heavy atom. The molecule has 1 amide bonds. The standard InChI is InChI=1S/C25H27N5O2S/c1-18(2)30-22(14-15-26-30)28-23(31)17-33-25-27-21-13-7-6-12-20(21)24(32)29(25)16-8-11-19-9-4-3-5-10-19/h3-7,9-10,12-15,18H,8,11,16-17H2,1-2H3,(H,28,31). The van der Waals surface area contributed by atoms with Crippen LogP contribution in [-0.2, 0) is 17.8 Å². The number of para-hydroxylation sites is 1. The van der Waals surface area contributed by atoms with Gasteiger partial charge in [-0.05, 0) is 44.4 Å². The van der Waals surface area contributed by atoms with Gasteiger partial charge in [-0.3, -0.25) is 14.2 Å². The molecule has 4 rings (SSSR count). The summed E-state index contributed by atoms with van der Waals surface area (Å²) in [5.74, 6) is 0.634. The van der Waals surface area contributed by atoms with Crippen molar-refractivity contribution in [2.45, 2.75) is 44.4 Å². The van der Waals surface area contributed by atoms with E-state index in [1.807, 2.05) is 50.2 Å². The number of amides is 1. The fourth-order valence-electron chi connectivity index (χ4n) is 3.67. The Balaban J connectivity index is 1.51. The number of aryl methyl sites for hydroxylation is 1. The largest absolute Gasteiger partial charge is 0.310 e. The van der Waals surface area contributed by atoms with Crippen LogP contribution in [0.25, 0.3) is 10.9 Å². The van der Waals surface area contributed by atoms with Crippen LogP contribution in [0.2, 0.25) is 0 Å². The van der Waals surface area contributed by atoms with Gasteiger partial charge in [-0.2, -0.15) is 5.10 Å². The van der Waals surface area contributed by atoms with Crippen LogP contribution in [0.5, 0.6) is 0 Å². The van der Waals surface area contributed by atoms with Crippen molar-refractivity contribution in [3.05, 3.63) is 82.8 Å². The third-order valence-electron chi connectivity index (χ3n) is 5.28. The first-order chi connectivity index (χ1) is 16.0. The van der Waals surface area contributed by atoms with Gasteiger partial charge < -0.3 is 5.32 Å². The summed E-state index contributed by atoms with van der Waals surface area (Å²) in [6.07, 6.45) is 3.33. The SMILES string of the molecule is CC(C)n1nccc1NC(=O)CSc1nc2ccccc2c(=O)n1CCCc1ccccc1. The first-order valence-corrected chi connectivity index (χ1v) is 12.0. The lowest BCUT2D eigenvalue weighted by Gasteiger charge is -2.14. The van der Waals surface area contributed by atoms with Gasteiger partial charge in [-0.1, -0.05) is 54.2 Å². The Morgan fingerprint density at radius 2 is 1.82 bits per heavy atom. The normalized spacial score (nSPS) is 11.2. The van der Waals surface area contributed by atoms with Gasteiger partial charge in [0.15, 0.2) is 5.16 Å². The second kappa shape index (κ2) is 10.5. The molecule has 0 saturated carbocycles. The second-order valence-electron chi connectivity index (χ2n) is 8.05. The van der Waals surface area contributed by atoms with Gasteiger partial charge in [0.1, 0.15) is 5.82 Å². The monoisotopic (exact) mass is 461 g/mol. The number of carbonyl (C=O) groups excluding carboxylic acids is 1. The fraction of sp³-hybridized carbons (Fsp3) is 0.280. The van der Waals surface area contributed by atoms with E-state index >= 15 is 0 Å². The fourth-order valence-corrected chi connectivity index (χ4v) is 4.50. The maximum Gasteiger partial charge on any atom is 0.262 e. The van der Waals surface area contributed by atoms with Crippen molar-refractivity contribution in [3.8, 4) is 0 Å². The molecular weight excluding hydrogens is 434 g/mol. The minimum absolute atomic E-state index is 0.0746. The van der Waals surface area contributed by atoms with E-state index in [1.54, 1.807) is 27.6 Å². The number of nitrogens with zero attached hydrogens (tertiary/aromatic N) is 4. The van der Waals surface area contributed by atoms with Gasteiger partial charge in [-0.25, -0.2) is 9.67 Å². The van der Waals surface area contributed by atoms with Crippen LogP contribution in [0, 0.1) is 0 Å². The van der Waals surface area contributed by atoms with Crippen molar-refractivity contribution in [2.24, 2.45) is 0 Å². The number of benzene rings is 2. The summed E-state index contributed by atoms with van der Waals surface area (Å²) in [5, 5.41) is 8.29. The smallest absolute Gasteiger partial charge is 0.262 e. The molecule has 2 heterocycles. The van der Waals surface area contributed by atoms with Crippen LogP contribution in [0.4, 0.5) is 5.82 Å². The molecule has 170 valence electrons. The van der Waals surface area contributed by atoms with Crippen LogP contribution < -0.4 is 10.9 Å². The molecule has 2 aromatic heterocycles. The van der Waals surface area contributed by atoms with Crippen LogP contribution >= 0.6 is 11.8 Å². The Bertz CT molecular complexity index is 1300. The first-order valence-electron chi connectivity index (χ1n) is 11.0. The molecule has 8 heteroatoms. The summed E-state index contributed by atoms with van der Waals surface area (Å²) >= 11 is 1.28. The second-order valence-corrected chi connectivity index (χ2v) is 8.99. The first kappa shape index (κ1) is 22.8. The molecule has 0 unspecified atom stereocenters. The lowest BCUT2D eigenvalue weighted by molar-refractivity contribution is -0.113. The molecule has 0 saturated heterocycles. The molecule has 2 aromatic carbocycles. The van der Waals surface area contributed by atoms with Crippen LogP contribution in [0.1, 0.15) is 31.9 Å². The van der Waals surface area contributed by atoms with Crippen molar-refractivity contribution < 1.29 is 4.79 Å². The highest BCUT2D eigenvalue weighted by molar-refractivity contribution is 7.99. The lowest BCUT2D eigenvalue weighted by Crippen LogP contribution is -2.25. The highest BCUT2D eigenvalue weighted by atomic mass is 32.2. The number of aromatic nitrogens is 4. The number of carbonyl (C=O) groups is 1. The lowest BCUT2D eigenvalue weighted by atomic mass is 10.1. The number of hydrogen-bond acceptors (Lipinski definition) is 5. The third kappa shape index (κ3) is 5.51. The van der Waals surface area contributed by atoms with E-state index in [9.17, 15) is 9.59 Å². The number of nitrogens with one attached hydrogen (secondary N) is 1. The summed E-state index contributed by atoms with van der Waals surface area (Å²) in [6, 6.07) is 19.5. The van der Waals surface area contributed by atoms with Crippen LogP contribution in [0.15, 0.2) is 76.8 Å². The van der Waals surface area contributed by atoms with Gasteiger partial charge in [0.05, 0.1) is 22.9 Å². The van der Waals surface area contributed by atoms with E-state index in [1.165, 1.54) is 17.3 Å². The maximum absolute atomic E-state index is 13.2. The highest BCUT2D eigenvalue weighted by Crippen LogP contribution is 2.20. The van der Waals surface area contributed by atoms with E-state index in [0.717, 1.165) is 12.8 Å². The number of thioether (sulfide) groups is 1. The van der Waals surface area contributed by atoms with Crippen molar-refractivity contribution in [2.75, 3.05) is 11.1 Å².